The maximum Gasteiger partial charge on any atom is 0.195 e. The van der Waals surface area contributed by atoms with Crippen LogP contribution in [0.4, 0.5) is 0 Å². The standard InChI is InChI=1S/C12H15N3O2S/c1-16-8-7-15-11(13-14-12(15)18)9-5-3-4-6-10(9)17-2/h3-6H,7-8H2,1-2H3,(H,14,18). The number of rotatable bonds is 5. The van der Waals surface area contributed by atoms with Gasteiger partial charge in [0.2, 0.25) is 0 Å². The third kappa shape index (κ3) is 2.44. The minimum atomic E-state index is 0.577. The summed E-state index contributed by atoms with van der Waals surface area (Å²) in [7, 11) is 3.30. The van der Waals surface area contributed by atoms with Gasteiger partial charge in [-0.05, 0) is 24.4 Å². The molecule has 1 heterocycles. The SMILES string of the molecule is COCCn1c(-c2ccccc2OC)n[nH]c1=S. The Labute approximate surface area is 110 Å². The molecule has 0 unspecified atom stereocenters. The minimum Gasteiger partial charge on any atom is -0.496 e. The average Bonchev–Trinajstić information content (AvgIpc) is 2.77. The molecule has 1 aromatic heterocycles. The van der Waals surface area contributed by atoms with Crippen molar-refractivity contribution in [1.82, 2.24) is 14.8 Å². The lowest BCUT2D eigenvalue weighted by Crippen LogP contribution is -2.06. The van der Waals surface area contributed by atoms with Crippen LogP contribution in [0.15, 0.2) is 24.3 Å². The van der Waals surface area contributed by atoms with Crippen LogP contribution in [0.25, 0.3) is 11.4 Å². The number of hydrogen-bond acceptors (Lipinski definition) is 4. The van der Waals surface area contributed by atoms with Crippen LogP contribution in [0, 0.1) is 4.77 Å². The summed E-state index contributed by atoms with van der Waals surface area (Å²) < 4.78 is 12.9. The number of methoxy groups -OCH3 is 2. The van der Waals surface area contributed by atoms with Gasteiger partial charge in [-0.2, -0.15) is 5.10 Å². The molecule has 0 saturated carbocycles. The van der Waals surface area contributed by atoms with Crippen molar-refractivity contribution in [2.45, 2.75) is 6.54 Å². The Hall–Kier alpha value is -1.66. The highest BCUT2D eigenvalue weighted by Gasteiger charge is 2.12. The third-order valence-electron chi connectivity index (χ3n) is 2.63. The molecule has 6 heteroatoms. The number of ether oxygens (including phenoxy) is 2. The van der Waals surface area contributed by atoms with Crippen molar-refractivity contribution in [1.29, 1.82) is 0 Å². The fourth-order valence-corrected chi connectivity index (χ4v) is 1.97. The van der Waals surface area contributed by atoms with Crippen LogP contribution in [0.1, 0.15) is 0 Å². The summed E-state index contributed by atoms with van der Waals surface area (Å²) in [5, 5.41) is 7.06. The van der Waals surface area contributed by atoms with Crippen LogP contribution in [-0.2, 0) is 11.3 Å². The van der Waals surface area contributed by atoms with Crippen molar-refractivity contribution in [3.63, 3.8) is 0 Å². The Balaban J connectivity index is 2.47. The van der Waals surface area contributed by atoms with Crippen molar-refractivity contribution in [2.75, 3.05) is 20.8 Å². The van der Waals surface area contributed by atoms with Gasteiger partial charge in [-0.3, -0.25) is 9.67 Å². The number of hydrogen-bond donors (Lipinski definition) is 1. The molecule has 18 heavy (non-hydrogen) atoms. The molecular formula is C12H15N3O2S. The van der Waals surface area contributed by atoms with Crippen molar-refractivity contribution >= 4 is 12.2 Å². The van der Waals surface area contributed by atoms with Gasteiger partial charge in [-0.15, -0.1) is 0 Å². The summed E-state index contributed by atoms with van der Waals surface area (Å²) in [5.74, 6) is 1.53. The molecule has 0 spiro atoms. The van der Waals surface area contributed by atoms with Crippen LogP contribution in [0.2, 0.25) is 0 Å². The Morgan fingerprint density at radius 3 is 2.83 bits per heavy atom. The molecule has 0 saturated heterocycles. The monoisotopic (exact) mass is 265 g/mol. The van der Waals surface area contributed by atoms with Crippen LogP contribution in [0.5, 0.6) is 5.75 Å². The molecule has 5 nitrogen and oxygen atoms in total. The van der Waals surface area contributed by atoms with Gasteiger partial charge in [0.05, 0.1) is 25.8 Å². The third-order valence-corrected chi connectivity index (χ3v) is 2.94. The van der Waals surface area contributed by atoms with Crippen molar-refractivity contribution < 1.29 is 9.47 Å². The normalized spacial score (nSPS) is 10.6. The number of nitrogens with zero attached hydrogens (tertiary/aromatic N) is 2. The summed E-state index contributed by atoms with van der Waals surface area (Å²) >= 11 is 5.21. The zero-order valence-corrected chi connectivity index (χ0v) is 11.2. The van der Waals surface area contributed by atoms with Gasteiger partial charge in [0.15, 0.2) is 10.6 Å². The molecule has 0 aliphatic rings. The minimum absolute atomic E-state index is 0.577. The lowest BCUT2D eigenvalue weighted by atomic mass is 10.2. The Bertz CT molecular complexity index is 577. The molecular weight excluding hydrogens is 250 g/mol. The van der Waals surface area contributed by atoms with Gasteiger partial charge in [0.25, 0.3) is 0 Å². The molecule has 0 bridgehead atoms. The van der Waals surface area contributed by atoms with E-state index in [2.05, 4.69) is 10.2 Å². The molecule has 0 radical (unpaired) electrons. The van der Waals surface area contributed by atoms with Crippen molar-refractivity contribution in [3.8, 4) is 17.1 Å². The number of para-hydroxylation sites is 1. The van der Waals surface area contributed by atoms with Gasteiger partial charge in [-0.25, -0.2) is 0 Å². The Morgan fingerprint density at radius 2 is 2.11 bits per heavy atom. The Morgan fingerprint density at radius 1 is 1.33 bits per heavy atom. The van der Waals surface area contributed by atoms with E-state index in [1.54, 1.807) is 14.2 Å². The zero-order chi connectivity index (χ0) is 13.0. The fraction of sp³-hybridized carbons (Fsp3) is 0.333. The quantitative estimate of drug-likeness (QED) is 0.843. The van der Waals surface area contributed by atoms with E-state index < -0.39 is 0 Å². The van der Waals surface area contributed by atoms with E-state index in [-0.39, 0.29) is 0 Å². The summed E-state index contributed by atoms with van der Waals surface area (Å²) in [5.41, 5.74) is 0.906. The maximum absolute atomic E-state index is 5.34. The fourth-order valence-electron chi connectivity index (χ4n) is 1.74. The topological polar surface area (TPSA) is 52.1 Å². The van der Waals surface area contributed by atoms with E-state index in [1.165, 1.54) is 0 Å². The van der Waals surface area contributed by atoms with E-state index in [0.29, 0.717) is 17.9 Å². The second-order valence-corrected chi connectivity index (χ2v) is 4.08. The van der Waals surface area contributed by atoms with Crippen LogP contribution >= 0.6 is 12.2 Å². The molecule has 1 aromatic carbocycles. The van der Waals surface area contributed by atoms with E-state index in [0.717, 1.165) is 17.1 Å². The first-order chi connectivity index (χ1) is 8.77. The molecule has 2 aromatic rings. The highest BCUT2D eigenvalue weighted by Crippen LogP contribution is 2.27. The van der Waals surface area contributed by atoms with Gasteiger partial charge in [-0.1, -0.05) is 12.1 Å². The lowest BCUT2D eigenvalue weighted by Gasteiger charge is -2.09. The predicted octanol–water partition coefficient (Wildman–Crippen LogP) is 2.26. The summed E-state index contributed by atoms with van der Waals surface area (Å²) in [6.07, 6.45) is 0. The number of benzene rings is 1. The van der Waals surface area contributed by atoms with Crippen molar-refractivity contribution in [2.24, 2.45) is 0 Å². The molecule has 0 amide bonds. The van der Waals surface area contributed by atoms with E-state index >= 15 is 0 Å². The zero-order valence-electron chi connectivity index (χ0n) is 10.3. The molecule has 1 N–H and O–H groups in total. The largest absolute Gasteiger partial charge is 0.496 e. The van der Waals surface area contributed by atoms with Gasteiger partial charge in [0.1, 0.15) is 5.75 Å². The summed E-state index contributed by atoms with van der Waals surface area (Å²) in [6.45, 7) is 1.23. The number of nitrogens with one attached hydrogen (secondary N) is 1. The number of aromatic nitrogens is 3. The maximum atomic E-state index is 5.34. The molecule has 0 atom stereocenters. The van der Waals surface area contributed by atoms with Crippen LogP contribution in [0.3, 0.4) is 0 Å². The van der Waals surface area contributed by atoms with Crippen LogP contribution < -0.4 is 4.74 Å². The smallest absolute Gasteiger partial charge is 0.195 e. The molecule has 96 valence electrons. The lowest BCUT2D eigenvalue weighted by molar-refractivity contribution is 0.187. The van der Waals surface area contributed by atoms with Crippen molar-refractivity contribution in [3.05, 3.63) is 29.0 Å². The van der Waals surface area contributed by atoms with E-state index in [9.17, 15) is 0 Å². The molecule has 0 aliphatic carbocycles. The molecule has 0 aliphatic heterocycles. The summed E-state index contributed by atoms with van der Waals surface area (Å²) in [6, 6.07) is 7.71. The second kappa shape index (κ2) is 5.79. The Kier molecular flexibility index (Phi) is 4.11. The first-order valence-electron chi connectivity index (χ1n) is 5.55. The van der Waals surface area contributed by atoms with Gasteiger partial charge in [0, 0.05) is 7.11 Å². The van der Waals surface area contributed by atoms with Crippen LogP contribution in [-0.4, -0.2) is 35.6 Å². The average molecular weight is 265 g/mol. The first-order valence-corrected chi connectivity index (χ1v) is 5.96. The highest BCUT2D eigenvalue weighted by molar-refractivity contribution is 7.71. The summed E-state index contributed by atoms with van der Waals surface area (Å²) in [4.78, 5) is 0. The predicted molar refractivity (Wildman–Crippen MR) is 71.3 cm³/mol. The van der Waals surface area contributed by atoms with Gasteiger partial charge >= 0.3 is 0 Å². The molecule has 2 rings (SSSR count). The van der Waals surface area contributed by atoms with E-state index in [4.69, 9.17) is 21.7 Å². The second-order valence-electron chi connectivity index (χ2n) is 3.70. The molecule has 0 fully saturated rings. The highest BCUT2D eigenvalue weighted by atomic mass is 32.1. The van der Waals surface area contributed by atoms with Gasteiger partial charge < -0.3 is 9.47 Å². The van der Waals surface area contributed by atoms with E-state index in [1.807, 2.05) is 28.8 Å². The number of aromatic amines is 1. The number of H-pyrrole nitrogens is 1. The first kappa shape index (κ1) is 12.8.